The van der Waals surface area contributed by atoms with Crippen LogP contribution in [0.3, 0.4) is 0 Å². The first-order valence-electron chi connectivity index (χ1n) is 7.46. The van der Waals surface area contributed by atoms with Crippen LogP contribution in [-0.2, 0) is 11.3 Å². The van der Waals surface area contributed by atoms with Crippen molar-refractivity contribution in [1.82, 2.24) is 20.8 Å². The fraction of sp³-hybridized carbons (Fsp3) is 0.600. The number of aromatic nitrogens is 2. The van der Waals surface area contributed by atoms with Crippen molar-refractivity contribution in [3.63, 3.8) is 0 Å². The molecule has 0 fully saturated rings. The number of nitrogens with zero attached hydrogens (tertiary/aromatic N) is 2. The molecule has 0 aliphatic rings. The minimum absolute atomic E-state index is 0.00324. The summed E-state index contributed by atoms with van der Waals surface area (Å²) in [5.74, 6) is -0.385. The minimum atomic E-state index is -1.13. The summed E-state index contributed by atoms with van der Waals surface area (Å²) >= 11 is 0. The Bertz CT molecular complexity index is 499. The molecule has 0 bridgehead atoms. The predicted octanol–water partition coefficient (Wildman–Crippen LogP) is 1.27. The number of carboxylic acids is 1. The van der Waals surface area contributed by atoms with Crippen LogP contribution in [0.25, 0.3) is 0 Å². The van der Waals surface area contributed by atoms with Gasteiger partial charge in [-0.25, -0.2) is 4.79 Å². The zero-order chi connectivity index (χ0) is 19.1. The molecule has 1 aromatic rings. The first-order chi connectivity index (χ1) is 11.3. The maximum atomic E-state index is 11.2. The molecule has 1 aromatic heterocycles. The van der Waals surface area contributed by atoms with Gasteiger partial charge in [0, 0.05) is 0 Å². The first kappa shape index (κ1) is 23.7. The van der Waals surface area contributed by atoms with Gasteiger partial charge in [-0.3, -0.25) is 4.79 Å². The summed E-state index contributed by atoms with van der Waals surface area (Å²) in [6.07, 6.45) is 9.25. The average Bonchev–Trinajstić information content (AvgIpc) is 3.01. The molecular weight excluding hydrogens is 314 g/mol. The maximum absolute atomic E-state index is 11.2. The van der Waals surface area contributed by atoms with Crippen molar-refractivity contribution >= 4 is 12.0 Å². The molecule has 1 rings (SSSR count). The number of carbonyl (C=O) groups excluding carboxylic acids is 1. The van der Waals surface area contributed by atoms with Crippen molar-refractivity contribution in [2.45, 2.75) is 46.7 Å². The van der Waals surface area contributed by atoms with Gasteiger partial charge in [-0.05, 0) is 5.92 Å². The largest absolute Gasteiger partial charge is 0.480 e. The van der Waals surface area contributed by atoms with Crippen molar-refractivity contribution in [3.8, 4) is 12.8 Å². The van der Waals surface area contributed by atoms with Crippen LogP contribution in [-0.4, -0.2) is 33.8 Å². The maximum Gasteiger partial charge on any atom is 0.323 e. The molecule has 0 saturated heterocycles. The van der Waals surface area contributed by atoms with E-state index in [-0.39, 0.29) is 24.4 Å². The Morgan fingerprint density at radius 2 is 1.83 bits per heavy atom. The van der Waals surface area contributed by atoms with E-state index in [1.54, 1.807) is 0 Å². The van der Waals surface area contributed by atoms with Crippen molar-refractivity contribution in [2.75, 3.05) is 6.54 Å². The number of hydrogen-bond acceptors (Lipinski definition) is 6. The lowest BCUT2D eigenvalue weighted by atomic mass is 10.1. The predicted molar refractivity (Wildman–Crippen MR) is 89.8 cm³/mol. The number of carbonyl (C=O) groups is 2. The lowest BCUT2D eigenvalue weighted by molar-refractivity contribution is -0.135. The van der Waals surface area contributed by atoms with E-state index in [0.717, 1.165) is 0 Å². The summed E-state index contributed by atoms with van der Waals surface area (Å²) in [4.78, 5) is 25.4. The van der Waals surface area contributed by atoms with Gasteiger partial charge in [0.15, 0.2) is 5.82 Å². The zero-order valence-electron chi connectivity index (χ0n) is 14.6. The summed E-state index contributed by atoms with van der Waals surface area (Å²) in [5.41, 5.74) is 5.84. The van der Waals surface area contributed by atoms with E-state index in [1.165, 1.54) is 6.42 Å². The van der Waals surface area contributed by atoms with Crippen LogP contribution in [0.15, 0.2) is 4.52 Å². The molecular formula is C15H27N5O4. The van der Waals surface area contributed by atoms with Crippen LogP contribution in [0.5, 0.6) is 0 Å². The van der Waals surface area contributed by atoms with Gasteiger partial charge in [0.25, 0.3) is 0 Å². The molecule has 0 spiro atoms. The summed E-state index contributed by atoms with van der Waals surface area (Å²) in [6, 6.07) is -0.964. The molecule has 0 saturated carbocycles. The number of terminal acetylenes is 1. The molecule has 0 aromatic carbocycles. The fourth-order valence-corrected chi connectivity index (χ4v) is 1.15. The van der Waals surface area contributed by atoms with Crippen LogP contribution in [0.1, 0.15) is 51.9 Å². The highest BCUT2D eigenvalue weighted by Crippen LogP contribution is 2.15. The Labute approximate surface area is 142 Å². The molecule has 1 unspecified atom stereocenters. The van der Waals surface area contributed by atoms with Crippen molar-refractivity contribution < 1.29 is 19.2 Å². The monoisotopic (exact) mass is 341 g/mol. The second-order valence-electron chi connectivity index (χ2n) is 4.95. The highest BCUT2D eigenvalue weighted by molar-refractivity contribution is 5.79. The van der Waals surface area contributed by atoms with Crippen LogP contribution >= 0.6 is 0 Å². The second-order valence-corrected chi connectivity index (χ2v) is 4.95. The molecule has 1 heterocycles. The standard InChI is InChI=1S/C10H17N5O4.C3H8.C2H2/c1-5(2)8(11)9-14-6(19-15-9)3-12-10(18)13-4-7(16)17;1-3-2;1-2/h5,8H,3-4,11H2,1-2H3,(H,16,17)(H2,12,13,18);3H2,1-2H3;1-2H. The third kappa shape index (κ3) is 11.0. The summed E-state index contributed by atoms with van der Waals surface area (Å²) in [6.45, 7) is 7.65. The smallest absolute Gasteiger partial charge is 0.323 e. The molecule has 0 aliphatic carbocycles. The summed E-state index contributed by atoms with van der Waals surface area (Å²) in [5, 5.41) is 16.6. The quantitative estimate of drug-likeness (QED) is 0.570. The van der Waals surface area contributed by atoms with E-state index >= 15 is 0 Å². The SMILES string of the molecule is C#C.CC(C)C(N)c1noc(CNC(=O)NCC(=O)O)n1.CCC. The second kappa shape index (κ2) is 14.0. The molecule has 0 aliphatic heterocycles. The van der Waals surface area contributed by atoms with Gasteiger partial charge in [0.2, 0.25) is 5.89 Å². The van der Waals surface area contributed by atoms with Crippen LogP contribution < -0.4 is 16.4 Å². The Balaban J connectivity index is 0. The van der Waals surface area contributed by atoms with Gasteiger partial charge in [-0.1, -0.05) is 39.3 Å². The van der Waals surface area contributed by atoms with Gasteiger partial charge in [0.1, 0.15) is 6.54 Å². The van der Waals surface area contributed by atoms with E-state index in [1.807, 2.05) is 13.8 Å². The van der Waals surface area contributed by atoms with E-state index in [0.29, 0.717) is 5.82 Å². The Morgan fingerprint density at radius 3 is 2.29 bits per heavy atom. The lowest BCUT2D eigenvalue weighted by Gasteiger charge is -2.09. The molecule has 9 heteroatoms. The molecule has 9 nitrogen and oxygen atoms in total. The number of rotatable bonds is 6. The van der Waals surface area contributed by atoms with Crippen LogP contribution in [0.2, 0.25) is 0 Å². The van der Waals surface area contributed by atoms with E-state index in [2.05, 4.69) is 47.5 Å². The number of amides is 2. The number of hydrogen-bond donors (Lipinski definition) is 4. The number of nitrogens with one attached hydrogen (secondary N) is 2. The normalized spacial score (nSPS) is 10.5. The van der Waals surface area contributed by atoms with Crippen LogP contribution in [0.4, 0.5) is 4.79 Å². The highest BCUT2D eigenvalue weighted by atomic mass is 16.5. The van der Waals surface area contributed by atoms with Crippen molar-refractivity contribution in [3.05, 3.63) is 11.7 Å². The van der Waals surface area contributed by atoms with Gasteiger partial charge in [0.05, 0.1) is 12.6 Å². The number of aliphatic carboxylic acids is 1. The van der Waals surface area contributed by atoms with Crippen LogP contribution in [0, 0.1) is 18.8 Å². The number of urea groups is 1. The van der Waals surface area contributed by atoms with Crippen molar-refractivity contribution in [2.24, 2.45) is 11.7 Å². The molecule has 5 N–H and O–H groups in total. The van der Waals surface area contributed by atoms with Gasteiger partial charge in [-0.2, -0.15) is 4.98 Å². The average molecular weight is 341 g/mol. The van der Waals surface area contributed by atoms with Gasteiger partial charge >= 0.3 is 12.0 Å². The van der Waals surface area contributed by atoms with E-state index in [9.17, 15) is 9.59 Å². The van der Waals surface area contributed by atoms with E-state index < -0.39 is 18.5 Å². The molecule has 136 valence electrons. The summed E-state index contributed by atoms with van der Waals surface area (Å²) < 4.78 is 4.91. The summed E-state index contributed by atoms with van der Waals surface area (Å²) in [7, 11) is 0. The highest BCUT2D eigenvalue weighted by Gasteiger charge is 2.17. The number of nitrogens with two attached hydrogens (primary N) is 1. The molecule has 24 heavy (non-hydrogen) atoms. The molecule has 2 amide bonds. The first-order valence-corrected chi connectivity index (χ1v) is 7.46. The fourth-order valence-electron chi connectivity index (χ4n) is 1.15. The molecule has 0 radical (unpaired) electrons. The zero-order valence-corrected chi connectivity index (χ0v) is 14.6. The topological polar surface area (TPSA) is 143 Å². The van der Waals surface area contributed by atoms with Gasteiger partial charge < -0.3 is 26.0 Å². The third-order valence-corrected chi connectivity index (χ3v) is 2.30. The Hall–Kier alpha value is -2.60. The van der Waals surface area contributed by atoms with Gasteiger partial charge in [-0.15, -0.1) is 12.8 Å². The number of carboxylic acid groups (broad SMARTS) is 1. The van der Waals surface area contributed by atoms with Crippen molar-refractivity contribution in [1.29, 1.82) is 0 Å². The lowest BCUT2D eigenvalue weighted by Crippen LogP contribution is -2.38. The Kier molecular flexibility index (Phi) is 13.8. The minimum Gasteiger partial charge on any atom is -0.480 e. The van der Waals surface area contributed by atoms with E-state index in [4.69, 9.17) is 15.4 Å². The third-order valence-electron chi connectivity index (χ3n) is 2.30. The Morgan fingerprint density at radius 1 is 1.29 bits per heavy atom. The molecule has 1 atom stereocenters.